The van der Waals surface area contributed by atoms with Crippen LogP contribution in [0.4, 0.5) is 0 Å². The number of carbonyl (C=O) groups excluding carboxylic acids is 1. The number of carboxylic acids is 2. The van der Waals surface area contributed by atoms with Crippen LogP contribution in [-0.2, 0) is 15.1 Å². The molecule has 2 aromatic carbocycles. The minimum atomic E-state index is -2.69. The van der Waals surface area contributed by atoms with Gasteiger partial charge in [-0.3, -0.25) is 19.2 Å². The summed E-state index contributed by atoms with van der Waals surface area (Å²) in [5, 5.41) is 39.9. The van der Waals surface area contributed by atoms with E-state index in [2.05, 4.69) is 10.3 Å². The number of furan rings is 1. The molecule has 0 fully saturated rings. The molecule has 0 radical (unpaired) electrons. The van der Waals surface area contributed by atoms with Crippen LogP contribution in [0.5, 0.6) is 5.75 Å². The van der Waals surface area contributed by atoms with E-state index in [4.69, 9.17) is 4.42 Å². The van der Waals surface area contributed by atoms with Gasteiger partial charge in [0.2, 0.25) is 0 Å². The molecule has 11 heteroatoms. The van der Waals surface area contributed by atoms with Gasteiger partial charge < -0.3 is 19.7 Å². The Morgan fingerprint density at radius 3 is 2.10 bits per heavy atom. The summed E-state index contributed by atoms with van der Waals surface area (Å²) in [5.41, 5.74) is -6.17. The second kappa shape index (κ2) is 9.83. The Labute approximate surface area is 235 Å². The molecular weight excluding hydrogens is 530 g/mol. The first kappa shape index (κ1) is 29.4. The van der Waals surface area contributed by atoms with E-state index in [0.717, 1.165) is 4.68 Å². The molecule has 4 rings (SSSR count). The molecule has 0 atom stereocenters. The summed E-state index contributed by atoms with van der Waals surface area (Å²) in [6.45, 7) is 10.6. The van der Waals surface area contributed by atoms with Crippen LogP contribution >= 0.6 is 0 Å². The molecule has 0 bridgehead atoms. The van der Waals surface area contributed by atoms with Gasteiger partial charge in [0.05, 0.1) is 10.9 Å². The fourth-order valence-corrected chi connectivity index (χ4v) is 6.03. The molecule has 0 aliphatic rings. The van der Waals surface area contributed by atoms with Crippen LogP contribution in [0.1, 0.15) is 64.9 Å². The average molecular weight is 564 g/mol. The number of benzene rings is 2. The number of carbonyl (C=O) groups is 3. The first-order valence-corrected chi connectivity index (χ1v) is 13.0. The lowest BCUT2D eigenvalue weighted by molar-refractivity contribution is -0.173. The van der Waals surface area contributed by atoms with Crippen molar-refractivity contribution in [2.75, 3.05) is 0 Å². The Hall–Kier alpha value is -4.54. The minimum Gasteiger partial charge on any atom is -0.508 e. The van der Waals surface area contributed by atoms with Gasteiger partial charge in [-0.1, -0.05) is 58.9 Å². The standard InChI is InChI=1S/C30H33N3O8/c1-27(2,3)30(28(4,5)6,33-24(36)19-9-7-8-10-20(19)31-32-33)16-29(25(37)38,26(39)40)15-21(35)23-14-17-13-18(34)11-12-22(17)41-23/h7-14,34H,15-16H2,1-6H3,(H,37,38)(H,39,40). The Morgan fingerprint density at radius 2 is 1.51 bits per heavy atom. The summed E-state index contributed by atoms with van der Waals surface area (Å²) < 4.78 is 6.68. The number of fused-ring (bicyclic) bond motifs is 2. The van der Waals surface area contributed by atoms with E-state index in [0.29, 0.717) is 10.9 Å². The largest absolute Gasteiger partial charge is 0.508 e. The van der Waals surface area contributed by atoms with Crippen molar-refractivity contribution in [3.63, 3.8) is 0 Å². The van der Waals surface area contributed by atoms with E-state index in [1.165, 1.54) is 24.3 Å². The van der Waals surface area contributed by atoms with Crippen molar-refractivity contribution in [3.8, 4) is 5.75 Å². The number of hydrogen-bond acceptors (Lipinski definition) is 8. The molecule has 41 heavy (non-hydrogen) atoms. The third-order valence-corrected chi connectivity index (χ3v) is 8.03. The number of aliphatic carboxylic acids is 2. The number of phenolic OH excluding ortho intramolecular Hbond substituents is 1. The van der Waals surface area contributed by atoms with Crippen molar-refractivity contribution in [2.45, 2.75) is 59.9 Å². The zero-order valence-corrected chi connectivity index (χ0v) is 23.8. The molecule has 0 amide bonds. The van der Waals surface area contributed by atoms with Crippen LogP contribution < -0.4 is 5.56 Å². The van der Waals surface area contributed by atoms with Crippen LogP contribution in [0, 0.1) is 16.2 Å². The van der Waals surface area contributed by atoms with Crippen LogP contribution in [0.2, 0.25) is 0 Å². The molecule has 0 aliphatic heterocycles. The highest BCUT2D eigenvalue weighted by Crippen LogP contribution is 2.55. The molecule has 2 heterocycles. The molecule has 0 spiro atoms. The van der Waals surface area contributed by atoms with Gasteiger partial charge in [-0.05, 0) is 47.2 Å². The molecule has 0 saturated heterocycles. The van der Waals surface area contributed by atoms with Gasteiger partial charge >= 0.3 is 11.9 Å². The number of Topliss-reactive ketones (excluding diaryl/α,β-unsaturated/α-hetero) is 1. The van der Waals surface area contributed by atoms with E-state index < -0.39 is 57.9 Å². The van der Waals surface area contributed by atoms with Gasteiger partial charge in [-0.15, -0.1) is 5.10 Å². The van der Waals surface area contributed by atoms with Crippen molar-refractivity contribution in [1.29, 1.82) is 0 Å². The normalized spacial score (nSPS) is 13.0. The third kappa shape index (κ3) is 4.75. The number of hydrogen-bond donors (Lipinski definition) is 3. The number of carboxylic acid groups (broad SMARTS) is 2. The highest BCUT2D eigenvalue weighted by molar-refractivity contribution is 6.07. The van der Waals surface area contributed by atoms with Crippen molar-refractivity contribution in [3.05, 3.63) is 64.6 Å². The lowest BCUT2D eigenvalue weighted by Crippen LogP contribution is -2.63. The summed E-state index contributed by atoms with van der Waals surface area (Å²) in [4.78, 5) is 53.4. The van der Waals surface area contributed by atoms with Gasteiger partial charge in [-0.2, -0.15) is 0 Å². The molecule has 216 valence electrons. The lowest BCUT2D eigenvalue weighted by atomic mass is 9.54. The van der Waals surface area contributed by atoms with E-state index in [1.807, 2.05) is 0 Å². The SMILES string of the molecule is CC(C)(C)C(CC(CC(=O)c1cc2cc(O)ccc2o1)(C(=O)O)C(=O)O)(n1nnc2ccccc2c1=O)C(C)(C)C. The van der Waals surface area contributed by atoms with Gasteiger partial charge in [0, 0.05) is 18.2 Å². The van der Waals surface area contributed by atoms with Gasteiger partial charge in [0.25, 0.3) is 5.56 Å². The zero-order chi connectivity index (χ0) is 30.5. The van der Waals surface area contributed by atoms with E-state index >= 15 is 0 Å². The van der Waals surface area contributed by atoms with Crippen molar-refractivity contribution in [2.24, 2.45) is 16.2 Å². The maximum Gasteiger partial charge on any atom is 0.321 e. The summed E-state index contributed by atoms with van der Waals surface area (Å²) in [5.74, 6) is -4.67. The highest BCUT2D eigenvalue weighted by atomic mass is 16.4. The first-order chi connectivity index (χ1) is 18.9. The van der Waals surface area contributed by atoms with Gasteiger partial charge in [0.1, 0.15) is 16.8 Å². The van der Waals surface area contributed by atoms with E-state index in [9.17, 15) is 34.5 Å². The van der Waals surface area contributed by atoms with Gasteiger partial charge in [-0.25, -0.2) is 4.68 Å². The Bertz CT molecular complexity index is 1710. The fraction of sp³-hybridized carbons (Fsp3) is 0.400. The highest BCUT2D eigenvalue weighted by Gasteiger charge is 2.62. The molecule has 0 saturated carbocycles. The smallest absolute Gasteiger partial charge is 0.321 e. The zero-order valence-electron chi connectivity index (χ0n) is 23.8. The lowest BCUT2D eigenvalue weighted by Gasteiger charge is -2.55. The van der Waals surface area contributed by atoms with E-state index in [-0.39, 0.29) is 22.5 Å². The topological polar surface area (TPSA) is 173 Å². The van der Waals surface area contributed by atoms with Crippen LogP contribution in [0.25, 0.3) is 21.9 Å². The number of phenols is 1. The number of ketones is 1. The Kier molecular flexibility index (Phi) is 7.06. The molecule has 11 nitrogen and oxygen atoms in total. The number of nitrogens with zero attached hydrogens (tertiary/aromatic N) is 3. The number of aromatic nitrogens is 3. The summed E-state index contributed by atoms with van der Waals surface area (Å²) >= 11 is 0. The van der Waals surface area contributed by atoms with Gasteiger partial charge in [0.15, 0.2) is 17.0 Å². The number of rotatable bonds is 8. The first-order valence-electron chi connectivity index (χ1n) is 13.0. The summed E-state index contributed by atoms with van der Waals surface area (Å²) in [7, 11) is 0. The second-order valence-corrected chi connectivity index (χ2v) is 12.5. The average Bonchev–Trinajstić information content (AvgIpc) is 3.29. The third-order valence-electron chi connectivity index (χ3n) is 8.03. The summed E-state index contributed by atoms with van der Waals surface area (Å²) in [6, 6.07) is 12.1. The molecule has 3 N–H and O–H groups in total. The molecule has 0 aliphatic carbocycles. The fourth-order valence-electron chi connectivity index (χ4n) is 6.03. The second-order valence-electron chi connectivity index (χ2n) is 12.5. The van der Waals surface area contributed by atoms with E-state index in [1.54, 1.807) is 65.8 Å². The van der Waals surface area contributed by atoms with Crippen molar-refractivity contribution < 1.29 is 34.1 Å². The summed E-state index contributed by atoms with van der Waals surface area (Å²) in [6.07, 6.45) is -1.63. The molecule has 2 aromatic heterocycles. The quantitative estimate of drug-likeness (QED) is 0.199. The van der Waals surface area contributed by atoms with Crippen LogP contribution in [0.15, 0.2) is 57.7 Å². The molecule has 0 unspecified atom stereocenters. The maximum absolute atomic E-state index is 13.9. The molecule has 4 aromatic rings. The van der Waals surface area contributed by atoms with Crippen LogP contribution in [0.3, 0.4) is 0 Å². The maximum atomic E-state index is 13.9. The van der Waals surface area contributed by atoms with Crippen LogP contribution in [-0.4, -0.2) is 48.0 Å². The Morgan fingerprint density at radius 1 is 0.902 bits per heavy atom. The number of aromatic hydroxyl groups is 1. The predicted octanol–water partition coefficient (Wildman–Crippen LogP) is 4.85. The molecular formula is C30H33N3O8. The van der Waals surface area contributed by atoms with Crippen molar-refractivity contribution in [1.82, 2.24) is 15.0 Å². The van der Waals surface area contributed by atoms with Crippen molar-refractivity contribution >= 4 is 39.6 Å². The monoisotopic (exact) mass is 563 g/mol. The Balaban J connectivity index is 1.96. The predicted molar refractivity (Wildman–Crippen MR) is 150 cm³/mol. The minimum absolute atomic E-state index is 0.0650.